The Morgan fingerprint density at radius 3 is 2.62 bits per heavy atom. The molecule has 3 heteroatoms. The lowest BCUT2D eigenvalue weighted by Gasteiger charge is -2.07. The van der Waals surface area contributed by atoms with Gasteiger partial charge < -0.3 is 5.32 Å². The lowest BCUT2D eigenvalue weighted by molar-refractivity contribution is 0.531. The van der Waals surface area contributed by atoms with Crippen LogP contribution >= 0.6 is 23.4 Å². The Balaban J connectivity index is 2.91. The van der Waals surface area contributed by atoms with Crippen LogP contribution in [0.5, 0.6) is 0 Å². The molecule has 0 rings (SSSR count). The maximum Gasteiger partial charge on any atom is 0.0249 e. The molecular formula is C10H22ClNS. The second-order valence-corrected chi connectivity index (χ2v) is 4.79. The van der Waals surface area contributed by atoms with Gasteiger partial charge in [-0.1, -0.05) is 6.92 Å². The van der Waals surface area contributed by atoms with Crippen LogP contribution in [0.15, 0.2) is 0 Å². The molecule has 13 heavy (non-hydrogen) atoms. The summed E-state index contributed by atoms with van der Waals surface area (Å²) in [7, 11) is 0. The molecule has 80 valence electrons. The first kappa shape index (κ1) is 13.6. The van der Waals surface area contributed by atoms with Crippen LogP contribution in [0.2, 0.25) is 0 Å². The summed E-state index contributed by atoms with van der Waals surface area (Å²) < 4.78 is 0. The Morgan fingerprint density at radius 1 is 1.31 bits per heavy atom. The fraction of sp³-hybridized carbons (Fsp3) is 1.00. The van der Waals surface area contributed by atoms with E-state index >= 15 is 0 Å². The molecule has 0 aromatic carbocycles. The van der Waals surface area contributed by atoms with Crippen molar-refractivity contribution in [1.29, 1.82) is 0 Å². The van der Waals surface area contributed by atoms with Crippen molar-refractivity contribution in [3.63, 3.8) is 0 Å². The van der Waals surface area contributed by atoms with Gasteiger partial charge in [-0.2, -0.15) is 11.8 Å². The molecule has 0 bridgehead atoms. The number of rotatable bonds is 9. The molecule has 1 unspecified atom stereocenters. The monoisotopic (exact) mass is 223 g/mol. The van der Waals surface area contributed by atoms with Crippen LogP contribution in [0.1, 0.15) is 26.2 Å². The van der Waals surface area contributed by atoms with Crippen LogP contribution in [0.3, 0.4) is 0 Å². The summed E-state index contributed by atoms with van der Waals surface area (Å²) >= 11 is 7.63. The van der Waals surface area contributed by atoms with Crippen LogP contribution in [-0.2, 0) is 0 Å². The zero-order valence-corrected chi connectivity index (χ0v) is 10.4. The quantitative estimate of drug-likeness (QED) is 0.477. The highest BCUT2D eigenvalue weighted by molar-refractivity contribution is 7.98. The summed E-state index contributed by atoms with van der Waals surface area (Å²) in [6.45, 7) is 4.52. The molecule has 0 fully saturated rings. The molecule has 0 aromatic heterocycles. The van der Waals surface area contributed by atoms with Crippen molar-refractivity contribution in [3.8, 4) is 0 Å². The Labute approximate surface area is 92.0 Å². The fourth-order valence-electron chi connectivity index (χ4n) is 1.12. The first-order chi connectivity index (χ1) is 6.31. The Kier molecular flexibility index (Phi) is 11.2. The van der Waals surface area contributed by atoms with Crippen molar-refractivity contribution in [1.82, 2.24) is 5.32 Å². The smallest absolute Gasteiger partial charge is 0.0249 e. The van der Waals surface area contributed by atoms with E-state index in [4.69, 9.17) is 11.6 Å². The second-order valence-electron chi connectivity index (χ2n) is 3.50. The van der Waals surface area contributed by atoms with E-state index < -0.39 is 0 Å². The van der Waals surface area contributed by atoms with Crippen LogP contribution in [0, 0.1) is 5.92 Å². The first-order valence-electron chi connectivity index (χ1n) is 5.07. The summed E-state index contributed by atoms with van der Waals surface area (Å²) in [5, 5.41) is 3.44. The molecule has 0 amide bonds. The summed E-state index contributed by atoms with van der Waals surface area (Å²) in [6, 6.07) is 0. The van der Waals surface area contributed by atoms with Crippen LogP contribution in [0.4, 0.5) is 0 Å². The molecule has 0 radical (unpaired) electrons. The Morgan fingerprint density at radius 2 is 2.00 bits per heavy atom. The highest BCUT2D eigenvalue weighted by Gasteiger charge is 1.98. The van der Waals surface area contributed by atoms with Crippen molar-refractivity contribution in [2.24, 2.45) is 5.92 Å². The number of thioether (sulfide) groups is 1. The number of hydrogen-bond donors (Lipinski definition) is 1. The van der Waals surface area contributed by atoms with Gasteiger partial charge in [-0.25, -0.2) is 0 Å². The van der Waals surface area contributed by atoms with E-state index in [-0.39, 0.29) is 0 Å². The van der Waals surface area contributed by atoms with Crippen molar-refractivity contribution in [2.75, 3.05) is 31.0 Å². The molecule has 0 aromatic rings. The Bertz CT molecular complexity index is 101. The predicted molar refractivity (Wildman–Crippen MR) is 65.0 cm³/mol. The largest absolute Gasteiger partial charge is 0.317 e. The maximum atomic E-state index is 5.71. The normalized spacial score (nSPS) is 13.2. The number of nitrogens with one attached hydrogen (secondary N) is 1. The minimum atomic E-state index is 0.676. The van der Waals surface area contributed by atoms with E-state index in [0.29, 0.717) is 5.92 Å². The van der Waals surface area contributed by atoms with Crippen molar-refractivity contribution in [2.45, 2.75) is 26.2 Å². The van der Waals surface area contributed by atoms with Crippen molar-refractivity contribution >= 4 is 23.4 Å². The minimum Gasteiger partial charge on any atom is -0.317 e. The summed E-state index contributed by atoms with van der Waals surface area (Å²) in [5.74, 6) is 2.74. The molecular weight excluding hydrogens is 202 g/mol. The molecule has 0 heterocycles. The van der Waals surface area contributed by atoms with Gasteiger partial charge in [-0.15, -0.1) is 11.6 Å². The molecule has 0 aliphatic heterocycles. The summed E-state index contributed by atoms with van der Waals surface area (Å²) in [5.41, 5.74) is 0. The van der Waals surface area contributed by atoms with Crippen LogP contribution < -0.4 is 5.32 Å². The van der Waals surface area contributed by atoms with Gasteiger partial charge in [0.15, 0.2) is 0 Å². The van der Waals surface area contributed by atoms with E-state index in [2.05, 4.69) is 18.5 Å². The average Bonchev–Trinajstić information content (AvgIpc) is 2.16. The summed E-state index contributed by atoms with van der Waals surface area (Å²) in [4.78, 5) is 0. The lowest BCUT2D eigenvalue weighted by Crippen LogP contribution is -2.17. The van der Waals surface area contributed by atoms with E-state index in [9.17, 15) is 0 Å². The zero-order valence-electron chi connectivity index (χ0n) is 8.81. The van der Waals surface area contributed by atoms with Crippen molar-refractivity contribution < 1.29 is 0 Å². The molecule has 1 N–H and O–H groups in total. The van der Waals surface area contributed by atoms with E-state index in [1.807, 2.05) is 11.8 Å². The SMILES string of the molecule is CSCCCNCCCC(C)CCl. The third-order valence-electron chi connectivity index (χ3n) is 2.02. The fourth-order valence-corrected chi connectivity index (χ4v) is 1.71. The molecule has 0 aliphatic carbocycles. The van der Waals surface area contributed by atoms with Gasteiger partial charge in [0.05, 0.1) is 0 Å². The van der Waals surface area contributed by atoms with Gasteiger partial charge in [0, 0.05) is 5.88 Å². The van der Waals surface area contributed by atoms with Crippen LogP contribution in [0.25, 0.3) is 0 Å². The number of halogens is 1. The van der Waals surface area contributed by atoms with Gasteiger partial charge in [0.25, 0.3) is 0 Å². The standard InChI is InChI=1S/C10H22ClNS/c1-10(9-11)5-3-6-12-7-4-8-13-2/h10,12H,3-9H2,1-2H3. The Hall–Kier alpha value is 0.600. The topological polar surface area (TPSA) is 12.0 Å². The summed E-state index contributed by atoms with van der Waals surface area (Å²) in [6.07, 6.45) is 5.94. The van der Waals surface area contributed by atoms with Gasteiger partial charge in [0.2, 0.25) is 0 Å². The molecule has 0 spiro atoms. The lowest BCUT2D eigenvalue weighted by atomic mass is 10.1. The van der Waals surface area contributed by atoms with Crippen LogP contribution in [-0.4, -0.2) is 31.0 Å². The third kappa shape index (κ3) is 10.5. The number of hydrogen-bond acceptors (Lipinski definition) is 2. The molecule has 1 nitrogen and oxygen atoms in total. The van der Waals surface area contributed by atoms with Gasteiger partial charge in [-0.05, 0) is 50.3 Å². The molecule has 0 aliphatic rings. The predicted octanol–water partition coefficient (Wildman–Crippen LogP) is 2.98. The van der Waals surface area contributed by atoms with Gasteiger partial charge in [0.1, 0.15) is 0 Å². The second kappa shape index (κ2) is 10.7. The van der Waals surface area contributed by atoms with E-state index in [1.54, 1.807) is 0 Å². The minimum absolute atomic E-state index is 0.676. The number of alkyl halides is 1. The van der Waals surface area contributed by atoms with Gasteiger partial charge >= 0.3 is 0 Å². The van der Waals surface area contributed by atoms with Gasteiger partial charge in [-0.3, -0.25) is 0 Å². The first-order valence-corrected chi connectivity index (χ1v) is 6.99. The van der Waals surface area contributed by atoms with E-state index in [1.165, 1.54) is 25.0 Å². The molecule has 0 saturated carbocycles. The third-order valence-corrected chi connectivity index (χ3v) is 3.24. The molecule has 0 saturated heterocycles. The van der Waals surface area contributed by atoms with E-state index in [0.717, 1.165) is 19.0 Å². The maximum absolute atomic E-state index is 5.71. The highest BCUT2D eigenvalue weighted by Crippen LogP contribution is 2.05. The molecule has 1 atom stereocenters. The van der Waals surface area contributed by atoms with Crippen molar-refractivity contribution in [3.05, 3.63) is 0 Å². The zero-order chi connectivity index (χ0) is 9.94. The average molecular weight is 224 g/mol. The highest BCUT2D eigenvalue weighted by atomic mass is 35.5.